The maximum atomic E-state index is 13.5. The number of hydrogen-bond acceptors (Lipinski definition) is 4. The molecule has 5 rings (SSSR count). The molecule has 0 saturated carbocycles. The van der Waals surface area contributed by atoms with Gasteiger partial charge in [-0.1, -0.05) is 54.9 Å². The summed E-state index contributed by atoms with van der Waals surface area (Å²) in [5, 5.41) is 7.76. The maximum Gasteiger partial charge on any atom is 0.296 e. The molecule has 7 nitrogen and oxygen atoms in total. The Balaban J connectivity index is 1.62. The van der Waals surface area contributed by atoms with Crippen LogP contribution in [0.5, 0.6) is 0 Å². The van der Waals surface area contributed by atoms with Gasteiger partial charge in [0.05, 0.1) is 17.6 Å². The number of fused-ring (bicyclic) bond motifs is 3. The lowest BCUT2D eigenvalue weighted by atomic mass is 10.1. The fourth-order valence-electron chi connectivity index (χ4n) is 3.94. The average Bonchev–Trinajstić information content (AvgIpc) is 3.29. The van der Waals surface area contributed by atoms with E-state index in [9.17, 15) is 9.59 Å². The van der Waals surface area contributed by atoms with Gasteiger partial charge >= 0.3 is 0 Å². The second kappa shape index (κ2) is 8.76. The molecule has 1 N–H and O–H groups in total. The predicted molar refractivity (Wildman–Crippen MR) is 134 cm³/mol. The largest absolute Gasteiger partial charge is 0.319 e. The van der Waals surface area contributed by atoms with E-state index in [4.69, 9.17) is 11.6 Å². The van der Waals surface area contributed by atoms with E-state index in [1.54, 1.807) is 10.6 Å². The second-order valence-electron chi connectivity index (χ2n) is 8.15. The zero-order valence-electron chi connectivity index (χ0n) is 18.7. The predicted octanol–water partition coefficient (Wildman–Crippen LogP) is 4.87. The lowest BCUT2D eigenvalue weighted by Gasteiger charge is -2.13. The van der Waals surface area contributed by atoms with Crippen LogP contribution in [0.25, 0.3) is 16.7 Å². The summed E-state index contributed by atoms with van der Waals surface area (Å²) < 4.78 is 3.06. The van der Waals surface area contributed by atoms with Gasteiger partial charge in [0.2, 0.25) is 11.5 Å². The Bertz CT molecular complexity index is 1600. The van der Waals surface area contributed by atoms with E-state index >= 15 is 0 Å². The number of nitrogens with one attached hydrogen (secondary N) is 1. The molecule has 0 aliphatic rings. The summed E-state index contributed by atoms with van der Waals surface area (Å²) >= 11 is 6.37. The first-order chi connectivity index (χ1) is 16.4. The molecule has 0 atom stereocenters. The molecule has 0 unspecified atom stereocenters. The fraction of sp³-hybridized carbons (Fsp3) is 0.154. The average molecular weight is 472 g/mol. The van der Waals surface area contributed by atoms with Crippen LogP contribution in [0, 0.1) is 6.92 Å². The number of benzene rings is 3. The van der Waals surface area contributed by atoms with Crippen molar-refractivity contribution in [2.24, 2.45) is 0 Å². The third kappa shape index (κ3) is 3.95. The van der Waals surface area contributed by atoms with Crippen LogP contribution in [-0.2, 0) is 13.0 Å². The van der Waals surface area contributed by atoms with Crippen molar-refractivity contribution in [2.45, 2.75) is 26.8 Å². The van der Waals surface area contributed by atoms with Crippen LogP contribution in [0.15, 0.2) is 71.5 Å². The number of hydrogen-bond donors (Lipinski definition) is 1. The number of halogens is 1. The van der Waals surface area contributed by atoms with Crippen LogP contribution in [0.1, 0.15) is 34.2 Å². The topological polar surface area (TPSA) is 81.3 Å². The quantitative estimate of drug-likeness (QED) is 0.396. The Hall–Kier alpha value is -3.97. The van der Waals surface area contributed by atoms with Gasteiger partial charge in [0.1, 0.15) is 0 Å². The molecule has 0 aliphatic carbocycles. The van der Waals surface area contributed by atoms with Crippen LogP contribution in [0.4, 0.5) is 5.69 Å². The SMILES string of the molecule is CCc1ccc(NC(=O)c2nc3c(=O)n(Cc4ccccc4Cl)c4cc(C)ccc4n3n2)cc1. The first kappa shape index (κ1) is 21.9. The summed E-state index contributed by atoms with van der Waals surface area (Å²) in [6.07, 6.45) is 0.912. The molecule has 3 aromatic carbocycles. The number of anilines is 1. The van der Waals surface area contributed by atoms with Crippen molar-refractivity contribution in [2.75, 3.05) is 5.32 Å². The van der Waals surface area contributed by atoms with Gasteiger partial charge in [0.25, 0.3) is 11.5 Å². The molecule has 5 aromatic rings. The molecule has 170 valence electrons. The van der Waals surface area contributed by atoms with Crippen LogP contribution >= 0.6 is 11.6 Å². The third-order valence-corrected chi connectivity index (χ3v) is 6.17. The van der Waals surface area contributed by atoms with Crippen molar-refractivity contribution in [3.05, 3.63) is 105 Å². The van der Waals surface area contributed by atoms with Gasteiger partial charge in [0.15, 0.2) is 0 Å². The van der Waals surface area contributed by atoms with Crippen molar-refractivity contribution in [3.8, 4) is 0 Å². The lowest BCUT2D eigenvalue weighted by molar-refractivity contribution is 0.101. The maximum absolute atomic E-state index is 13.5. The highest BCUT2D eigenvalue weighted by Crippen LogP contribution is 2.21. The van der Waals surface area contributed by atoms with E-state index in [1.807, 2.05) is 67.6 Å². The third-order valence-electron chi connectivity index (χ3n) is 5.80. The smallest absolute Gasteiger partial charge is 0.296 e. The molecule has 8 heteroatoms. The monoisotopic (exact) mass is 471 g/mol. The van der Waals surface area contributed by atoms with Crippen LogP contribution in [0.2, 0.25) is 5.02 Å². The standard InChI is InChI=1S/C26H22ClN5O2/c1-3-17-9-11-19(12-10-17)28-25(33)23-29-24-26(34)31(15-18-6-4-5-7-20(18)27)22-14-16(2)8-13-21(22)32(24)30-23/h4-14H,3,15H2,1-2H3,(H,28,33). The minimum atomic E-state index is -0.481. The van der Waals surface area contributed by atoms with E-state index < -0.39 is 5.91 Å². The highest BCUT2D eigenvalue weighted by atomic mass is 35.5. The molecule has 34 heavy (non-hydrogen) atoms. The van der Waals surface area contributed by atoms with E-state index in [-0.39, 0.29) is 23.6 Å². The van der Waals surface area contributed by atoms with Crippen molar-refractivity contribution in [3.63, 3.8) is 0 Å². The summed E-state index contributed by atoms with van der Waals surface area (Å²) in [4.78, 5) is 30.7. The van der Waals surface area contributed by atoms with Gasteiger partial charge in [-0.25, -0.2) is 4.52 Å². The summed E-state index contributed by atoms with van der Waals surface area (Å²) in [6.45, 7) is 4.30. The van der Waals surface area contributed by atoms with Crippen molar-refractivity contribution in [1.29, 1.82) is 0 Å². The lowest BCUT2D eigenvalue weighted by Crippen LogP contribution is -2.24. The van der Waals surface area contributed by atoms with Crippen molar-refractivity contribution in [1.82, 2.24) is 19.2 Å². The van der Waals surface area contributed by atoms with E-state index in [0.29, 0.717) is 21.7 Å². The molecule has 1 amide bonds. The Morgan fingerprint density at radius 3 is 2.53 bits per heavy atom. The van der Waals surface area contributed by atoms with E-state index in [2.05, 4.69) is 22.3 Å². The molecule has 0 aliphatic heterocycles. The normalized spacial score (nSPS) is 11.3. The fourth-order valence-corrected chi connectivity index (χ4v) is 4.13. The number of rotatable bonds is 5. The van der Waals surface area contributed by atoms with Gasteiger partial charge in [0, 0.05) is 10.7 Å². The number of aromatic nitrogens is 4. The van der Waals surface area contributed by atoms with E-state index in [0.717, 1.165) is 17.5 Å². The van der Waals surface area contributed by atoms with Crippen LogP contribution < -0.4 is 10.9 Å². The molecule has 2 aromatic heterocycles. The van der Waals surface area contributed by atoms with Gasteiger partial charge < -0.3 is 5.32 Å². The van der Waals surface area contributed by atoms with Crippen molar-refractivity contribution >= 4 is 39.9 Å². The molecule has 0 spiro atoms. The van der Waals surface area contributed by atoms with Crippen LogP contribution in [0.3, 0.4) is 0 Å². The molecular formula is C26H22ClN5O2. The number of carbonyl (C=O) groups is 1. The number of aryl methyl sites for hydroxylation is 2. The minimum absolute atomic E-state index is 0.0750. The Labute approximate surface area is 200 Å². The van der Waals surface area contributed by atoms with Gasteiger partial charge in [-0.05, 0) is 60.4 Å². The molecule has 2 heterocycles. The Morgan fingerprint density at radius 1 is 1.03 bits per heavy atom. The summed E-state index contributed by atoms with van der Waals surface area (Å²) in [7, 11) is 0. The summed E-state index contributed by atoms with van der Waals surface area (Å²) in [5.74, 6) is -0.556. The second-order valence-corrected chi connectivity index (χ2v) is 8.56. The zero-order valence-corrected chi connectivity index (χ0v) is 19.5. The summed E-state index contributed by atoms with van der Waals surface area (Å²) in [6, 6.07) is 20.7. The van der Waals surface area contributed by atoms with Gasteiger partial charge in [-0.3, -0.25) is 14.2 Å². The highest BCUT2D eigenvalue weighted by Gasteiger charge is 2.20. The molecule has 0 saturated heterocycles. The Morgan fingerprint density at radius 2 is 1.79 bits per heavy atom. The minimum Gasteiger partial charge on any atom is -0.319 e. The highest BCUT2D eigenvalue weighted by molar-refractivity contribution is 6.31. The number of carbonyl (C=O) groups excluding carboxylic acids is 1. The number of nitrogens with zero attached hydrogens (tertiary/aromatic N) is 4. The molecular weight excluding hydrogens is 450 g/mol. The van der Waals surface area contributed by atoms with Gasteiger partial charge in [-0.15, -0.1) is 5.10 Å². The number of amides is 1. The Kier molecular flexibility index (Phi) is 5.63. The van der Waals surface area contributed by atoms with Crippen molar-refractivity contribution < 1.29 is 4.79 Å². The van der Waals surface area contributed by atoms with E-state index in [1.165, 1.54) is 10.1 Å². The van der Waals surface area contributed by atoms with Gasteiger partial charge in [-0.2, -0.15) is 4.98 Å². The van der Waals surface area contributed by atoms with Crippen LogP contribution in [-0.4, -0.2) is 25.1 Å². The first-order valence-electron chi connectivity index (χ1n) is 11.0. The molecule has 0 fully saturated rings. The molecule has 0 bridgehead atoms. The molecule has 0 radical (unpaired) electrons. The zero-order chi connectivity index (χ0) is 23.8. The first-order valence-corrected chi connectivity index (χ1v) is 11.4. The summed E-state index contributed by atoms with van der Waals surface area (Å²) in [5.41, 5.74) is 4.70.